The molecular formula is C13H18ClNO2S. The molecule has 1 aliphatic heterocycles. The summed E-state index contributed by atoms with van der Waals surface area (Å²) in [6, 6.07) is 6.47. The van der Waals surface area contributed by atoms with Gasteiger partial charge in [-0.15, -0.1) is 0 Å². The normalized spacial score (nSPS) is 26.2. The van der Waals surface area contributed by atoms with Crippen molar-refractivity contribution < 1.29 is 8.42 Å². The molecular weight excluding hydrogens is 270 g/mol. The Morgan fingerprint density at radius 3 is 2.39 bits per heavy atom. The lowest BCUT2D eigenvalue weighted by Gasteiger charge is -2.34. The number of hydrogen-bond donors (Lipinski definition) is 0. The van der Waals surface area contributed by atoms with Crippen molar-refractivity contribution in [2.24, 2.45) is 11.8 Å². The highest BCUT2D eigenvalue weighted by Crippen LogP contribution is 2.27. The maximum atomic E-state index is 12.5. The van der Waals surface area contributed by atoms with Gasteiger partial charge in [0.25, 0.3) is 0 Å². The maximum Gasteiger partial charge on any atom is 0.243 e. The number of nitrogens with zero attached hydrogens (tertiary/aromatic N) is 1. The quantitative estimate of drug-likeness (QED) is 0.838. The van der Waals surface area contributed by atoms with Gasteiger partial charge in [-0.1, -0.05) is 31.5 Å². The van der Waals surface area contributed by atoms with Crippen LogP contribution in [0.4, 0.5) is 0 Å². The standard InChI is InChI=1S/C13H18ClNO2S/c1-10-6-11(2)9-15(8-10)18(16,17)13-5-3-4-12(14)7-13/h3-5,7,10-11H,6,8-9H2,1-2H3. The zero-order valence-electron chi connectivity index (χ0n) is 10.6. The third-order valence-electron chi connectivity index (χ3n) is 3.27. The van der Waals surface area contributed by atoms with E-state index in [9.17, 15) is 8.42 Å². The Morgan fingerprint density at radius 1 is 1.22 bits per heavy atom. The van der Waals surface area contributed by atoms with Crippen molar-refractivity contribution in [1.82, 2.24) is 4.31 Å². The van der Waals surface area contributed by atoms with E-state index in [0.717, 1.165) is 6.42 Å². The highest BCUT2D eigenvalue weighted by atomic mass is 35.5. The molecule has 0 amide bonds. The minimum atomic E-state index is -3.40. The summed E-state index contributed by atoms with van der Waals surface area (Å²) in [6.07, 6.45) is 1.08. The molecule has 2 atom stereocenters. The third-order valence-corrected chi connectivity index (χ3v) is 5.33. The van der Waals surface area contributed by atoms with Crippen molar-refractivity contribution in [2.75, 3.05) is 13.1 Å². The summed E-state index contributed by atoms with van der Waals surface area (Å²) in [6.45, 7) is 5.38. The molecule has 18 heavy (non-hydrogen) atoms. The molecule has 5 heteroatoms. The topological polar surface area (TPSA) is 37.4 Å². The Bertz CT molecular complexity index is 520. The molecule has 0 N–H and O–H groups in total. The fraction of sp³-hybridized carbons (Fsp3) is 0.538. The molecule has 0 aromatic heterocycles. The monoisotopic (exact) mass is 287 g/mol. The Hall–Kier alpha value is -0.580. The zero-order chi connectivity index (χ0) is 13.3. The van der Waals surface area contributed by atoms with E-state index in [1.54, 1.807) is 22.5 Å². The largest absolute Gasteiger partial charge is 0.243 e. The fourth-order valence-corrected chi connectivity index (χ4v) is 4.56. The summed E-state index contributed by atoms with van der Waals surface area (Å²) in [5.41, 5.74) is 0. The molecule has 1 heterocycles. The van der Waals surface area contributed by atoms with E-state index in [1.165, 1.54) is 6.07 Å². The van der Waals surface area contributed by atoms with Crippen LogP contribution in [0.3, 0.4) is 0 Å². The van der Waals surface area contributed by atoms with Crippen LogP contribution in [0.2, 0.25) is 5.02 Å². The first-order valence-electron chi connectivity index (χ1n) is 6.15. The molecule has 3 nitrogen and oxygen atoms in total. The Labute approximate surface area is 114 Å². The molecule has 0 saturated carbocycles. The number of halogens is 1. The first-order chi connectivity index (χ1) is 8.39. The van der Waals surface area contributed by atoms with Crippen LogP contribution in [0.1, 0.15) is 20.3 Å². The molecule has 1 aliphatic rings. The number of sulfonamides is 1. The maximum absolute atomic E-state index is 12.5. The van der Waals surface area contributed by atoms with Crippen LogP contribution in [0.25, 0.3) is 0 Å². The van der Waals surface area contributed by atoms with Gasteiger partial charge in [0.15, 0.2) is 0 Å². The number of rotatable bonds is 2. The molecule has 0 aliphatic carbocycles. The Balaban J connectivity index is 2.31. The first-order valence-corrected chi connectivity index (χ1v) is 7.97. The minimum Gasteiger partial charge on any atom is -0.207 e. The first kappa shape index (κ1) is 13.8. The molecule has 0 bridgehead atoms. The summed E-state index contributed by atoms with van der Waals surface area (Å²) < 4.78 is 26.6. The summed E-state index contributed by atoms with van der Waals surface area (Å²) in [5.74, 6) is 0.811. The molecule has 0 spiro atoms. The van der Waals surface area contributed by atoms with Gasteiger partial charge in [-0.25, -0.2) is 8.42 Å². The Morgan fingerprint density at radius 2 is 1.83 bits per heavy atom. The van der Waals surface area contributed by atoms with Gasteiger partial charge in [0.2, 0.25) is 10.0 Å². The second kappa shape index (κ2) is 5.19. The zero-order valence-corrected chi connectivity index (χ0v) is 12.2. The van der Waals surface area contributed by atoms with Crippen molar-refractivity contribution >= 4 is 21.6 Å². The van der Waals surface area contributed by atoms with Crippen LogP contribution in [0.5, 0.6) is 0 Å². The van der Waals surface area contributed by atoms with Gasteiger partial charge in [0.1, 0.15) is 0 Å². The predicted octanol–water partition coefficient (Wildman–Crippen LogP) is 3.01. The Kier molecular flexibility index (Phi) is 3.99. The van der Waals surface area contributed by atoms with Crippen molar-refractivity contribution in [3.8, 4) is 0 Å². The summed E-state index contributed by atoms with van der Waals surface area (Å²) in [4.78, 5) is 0.288. The smallest absolute Gasteiger partial charge is 0.207 e. The van der Waals surface area contributed by atoms with Gasteiger partial charge in [-0.05, 0) is 36.5 Å². The number of hydrogen-bond acceptors (Lipinski definition) is 2. The molecule has 1 fully saturated rings. The minimum absolute atomic E-state index is 0.288. The second-order valence-electron chi connectivity index (χ2n) is 5.23. The van der Waals surface area contributed by atoms with Crippen molar-refractivity contribution in [3.05, 3.63) is 29.3 Å². The summed E-state index contributed by atoms with van der Waals surface area (Å²) in [7, 11) is -3.40. The second-order valence-corrected chi connectivity index (χ2v) is 7.60. The van der Waals surface area contributed by atoms with Gasteiger partial charge >= 0.3 is 0 Å². The fourth-order valence-electron chi connectivity index (χ4n) is 2.58. The van der Waals surface area contributed by atoms with Gasteiger partial charge in [-0.2, -0.15) is 4.31 Å². The van der Waals surface area contributed by atoms with E-state index in [2.05, 4.69) is 13.8 Å². The lowest BCUT2D eigenvalue weighted by molar-refractivity contribution is 0.222. The van der Waals surface area contributed by atoms with Crippen LogP contribution < -0.4 is 0 Å². The average Bonchev–Trinajstić information content (AvgIpc) is 2.27. The van der Waals surface area contributed by atoms with Gasteiger partial charge in [0, 0.05) is 18.1 Å². The van der Waals surface area contributed by atoms with Gasteiger partial charge < -0.3 is 0 Å². The van der Waals surface area contributed by atoms with Crippen LogP contribution in [0, 0.1) is 11.8 Å². The predicted molar refractivity (Wildman–Crippen MR) is 73.2 cm³/mol. The highest BCUT2D eigenvalue weighted by Gasteiger charge is 2.31. The molecule has 1 aromatic rings. The van der Waals surface area contributed by atoms with Gasteiger partial charge in [-0.3, -0.25) is 0 Å². The molecule has 2 unspecified atom stereocenters. The molecule has 1 aromatic carbocycles. The van der Waals surface area contributed by atoms with Crippen LogP contribution in [0.15, 0.2) is 29.2 Å². The molecule has 100 valence electrons. The highest BCUT2D eigenvalue weighted by molar-refractivity contribution is 7.89. The van der Waals surface area contributed by atoms with E-state index < -0.39 is 10.0 Å². The summed E-state index contributed by atoms with van der Waals surface area (Å²) in [5, 5.41) is 0.453. The van der Waals surface area contributed by atoms with Crippen molar-refractivity contribution in [1.29, 1.82) is 0 Å². The van der Waals surface area contributed by atoms with Crippen LogP contribution in [-0.2, 0) is 10.0 Å². The van der Waals surface area contributed by atoms with E-state index >= 15 is 0 Å². The lowest BCUT2D eigenvalue weighted by atomic mass is 9.94. The molecule has 0 radical (unpaired) electrons. The third kappa shape index (κ3) is 2.87. The van der Waals surface area contributed by atoms with Crippen molar-refractivity contribution in [2.45, 2.75) is 25.2 Å². The average molecular weight is 288 g/mol. The SMILES string of the molecule is CC1CC(C)CN(S(=O)(=O)c2cccc(Cl)c2)C1. The molecule has 1 saturated heterocycles. The summed E-state index contributed by atoms with van der Waals surface area (Å²) >= 11 is 5.86. The van der Waals surface area contributed by atoms with Gasteiger partial charge in [0.05, 0.1) is 4.90 Å². The van der Waals surface area contributed by atoms with E-state index in [-0.39, 0.29) is 4.90 Å². The molecule has 2 rings (SSSR count). The van der Waals surface area contributed by atoms with Crippen LogP contribution in [-0.4, -0.2) is 25.8 Å². The van der Waals surface area contributed by atoms with Crippen molar-refractivity contribution in [3.63, 3.8) is 0 Å². The number of benzene rings is 1. The van der Waals surface area contributed by atoms with Crippen LogP contribution >= 0.6 is 11.6 Å². The number of piperidine rings is 1. The van der Waals surface area contributed by atoms with E-state index in [4.69, 9.17) is 11.6 Å². The lowest BCUT2D eigenvalue weighted by Crippen LogP contribution is -2.42. The van der Waals surface area contributed by atoms with E-state index in [0.29, 0.717) is 29.9 Å². The van der Waals surface area contributed by atoms with E-state index in [1.807, 2.05) is 0 Å².